The number of aliphatic hydroxyl groups is 1. The molecule has 0 saturated heterocycles. The average Bonchev–Trinajstić information content (AvgIpc) is 2.98. The van der Waals surface area contributed by atoms with Gasteiger partial charge in [-0.2, -0.15) is 0 Å². The van der Waals surface area contributed by atoms with Gasteiger partial charge in [-0.15, -0.1) is 0 Å². The highest BCUT2D eigenvalue weighted by atomic mass is 19.1. The van der Waals surface area contributed by atoms with Crippen LogP contribution < -0.4 is 15.4 Å². The Morgan fingerprint density at radius 1 is 1.05 bits per heavy atom. The summed E-state index contributed by atoms with van der Waals surface area (Å²) in [6.07, 6.45) is 2.40. The molecule has 0 spiro atoms. The number of ether oxygens (including phenoxy) is 1. The number of nitrogens with zero attached hydrogens (tertiary/aromatic N) is 1. The number of aliphatic hydroxyl groups excluding tert-OH is 1. The minimum Gasteiger partial charge on any atom is -0.493 e. The molecule has 3 aromatic rings. The van der Waals surface area contributed by atoms with Crippen molar-refractivity contribution in [1.82, 2.24) is 15.5 Å². The zero-order valence-electron chi connectivity index (χ0n) is 25.5. The Morgan fingerprint density at radius 2 is 1.84 bits per heavy atom. The van der Waals surface area contributed by atoms with Gasteiger partial charge >= 0.3 is 0 Å². The summed E-state index contributed by atoms with van der Waals surface area (Å²) in [5.74, 6) is -0.568. The van der Waals surface area contributed by atoms with Crippen molar-refractivity contribution in [1.29, 1.82) is 0 Å². The highest BCUT2D eigenvalue weighted by Crippen LogP contribution is 2.20. The predicted octanol–water partition coefficient (Wildman–Crippen LogP) is 5.21. The number of carbonyl (C=O) groups excluding carboxylic acids is 2. The van der Waals surface area contributed by atoms with Crippen LogP contribution >= 0.6 is 0 Å². The smallest absolute Gasteiger partial charge is 0.253 e. The lowest BCUT2D eigenvalue weighted by Crippen LogP contribution is -2.48. The molecule has 0 aliphatic carbocycles. The molecular weight excluding hydrogens is 545 g/mol. The van der Waals surface area contributed by atoms with Gasteiger partial charge in [-0.25, -0.2) is 4.39 Å². The van der Waals surface area contributed by atoms with Gasteiger partial charge in [0, 0.05) is 43.4 Å². The van der Waals surface area contributed by atoms with Crippen LogP contribution in [0.3, 0.4) is 0 Å². The molecule has 0 radical (unpaired) electrons. The molecule has 2 amide bonds. The first kappa shape index (κ1) is 32.2. The highest BCUT2D eigenvalue weighted by Gasteiger charge is 2.25. The van der Waals surface area contributed by atoms with Crippen molar-refractivity contribution < 1.29 is 23.8 Å². The van der Waals surface area contributed by atoms with E-state index in [1.807, 2.05) is 30.9 Å². The van der Waals surface area contributed by atoms with Gasteiger partial charge in [0.15, 0.2) is 0 Å². The largest absolute Gasteiger partial charge is 0.493 e. The number of hydrogen-bond acceptors (Lipinski definition) is 5. The van der Waals surface area contributed by atoms with Crippen LogP contribution in [0.5, 0.6) is 5.75 Å². The second-order valence-electron chi connectivity index (χ2n) is 11.4. The first-order valence-electron chi connectivity index (χ1n) is 15.4. The Balaban J connectivity index is 1.61. The second-order valence-corrected chi connectivity index (χ2v) is 11.4. The Bertz CT molecular complexity index is 1400. The normalized spacial score (nSPS) is 17.1. The number of amides is 2. The Kier molecular flexibility index (Phi) is 11.7. The lowest BCUT2D eigenvalue weighted by atomic mass is 9.99. The van der Waals surface area contributed by atoms with E-state index in [2.05, 4.69) is 29.7 Å². The minimum atomic E-state index is -0.973. The van der Waals surface area contributed by atoms with Crippen molar-refractivity contribution in [3.05, 3.63) is 99.9 Å². The summed E-state index contributed by atoms with van der Waals surface area (Å²) < 4.78 is 20.5. The third-order valence-electron chi connectivity index (χ3n) is 7.71. The summed E-state index contributed by atoms with van der Waals surface area (Å²) in [7, 11) is 0. The Morgan fingerprint density at radius 3 is 2.63 bits per heavy atom. The number of hydrogen-bond donors (Lipinski definition) is 3. The summed E-state index contributed by atoms with van der Waals surface area (Å²) in [6.45, 7) is 8.31. The summed E-state index contributed by atoms with van der Waals surface area (Å²) in [5, 5.41) is 17.6. The summed E-state index contributed by atoms with van der Waals surface area (Å²) in [6, 6.07) is 17.2. The van der Waals surface area contributed by atoms with Gasteiger partial charge in [-0.1, -0.05) is 38.1 Å². The van der Waals surface area contributed by atoms with Crippen molar-refractivity contribution in [2.24, 2.45) is 0 Å². The summed E-state index contributed by atoms with van der Waals surface area (Å²) in [4.78, 5) is 28.9. The number of carbonyl (C=O) groups is 2. The fourth-order valence-electron chi connectivity index (χ4n) is 5.48. The summed E-state index contributed by atoms with van der Waals surface area (Å²) >= 11 is 0. The van der Waals surface area contributed by atoms with E-state index in [-0.39, 0.29) is 18.9 Å². The first-order chi connectivity index (χ1) is 20.7. The third kappa shape index (κ3) is 9.37. The topological polar surface area (TPSA) is 90.9 Å². The van der Waals surface area contributed by atoms with Gasteiger partial charge in [-0.3, -0.25) is 9.59 Å². The number of nitrogens with one attached hydrogen (secondary N) is 2. The van der Waals surface area contributed by atoms with Crippen LogP contribution in [-0.4, -0.2) is 60.2 Å². The first-order valence-corrected chi connectivity index (χ1v) is 15.4. The molecule has 0 saturated carbocycles. The standard InChI is InChI=1S/C35H44FN3O4/c1-4-11-39-12-6-7-13-43-31-18-27(17-30(36)21-31)19-32(33(40)23-37-22-26-10-8-9-25(5-2)16-26)38-34(41)28-14-24(3)15-29(20-28)35(39)42/h8-10,14-18,20-21,32-33,37,40H,4-7,11-13,19,22-23H2,1-3H3,(H,38,41)/t32-,33+/m0/s1. The molecule has 0 aromatic heterocycles. The molecule has 3 aromatic carbocycles. The van der Waals surface area contributed by atoms with Crippen LogP contribution in [0.15, 0.2) is 60.7 Å². The molecule has 3 N–H and O–H groups in total. The van der Waals surface area contributed by atoms with E-state index in [4.69, 9.17) is 4.74 Å². The van der Waals surface area contributed by atoms with E-state index < -0.39 is 23.9 Å². The molecule has 4 rings (SSSR count). The monoisotopic (exact) mass is 589 g/mol. The molecule has 1 aliphatic rings. The van der Waals surface area contributed by atoms with Crippen LogP contribution in [0.4, 0.5) is 4.39 Å². The molecule has 4 bridgehead atoms. The van der Waals surface area contributed by atoms with Crippen LogP contribution in [0, 0.1) is 12.7 Å². The minimum absolute atomic E-state index is 0.119. The van der Waals surface area contributed by atoms with E-state index >= 15 is 0 Å². The number of aryl methyl sites for hydroxylation is 2. The van der Waals surface area contributed by atoms with E-state index in [0.717, 1.165) is 30.4 Å². The van der Waals surface area contributed by atoms with Crippen molar-refractivity contribution in [2.75, 3.05) is 26.2 Å². The van der Waals surface area contributed by atoms with Crippen LogP contribution in [0.25, 0.3) is 0 Å². The van der Waals surface area contributed by atoms with Crippen LogP contribution in [-0.2, 0) is 19.4 Å². The zero-order valence-corrected chi connectivity index (χ0v) is 25.5. The maximum atomic E-state index is 14.6. The lowest BCUT2D eigenvalue weighted by molar-refractivity contribution is 0.0750. The average molecular weight is 590 g/mol. The van der Waals surface area contributed by atoms with Gasteiger partial charge in [0.2, 0.25) is 0 Å². The second kappa shape index (κ2) is 15.6. The summed E-state index contributed by atoms with van der Waals surface area (Å²) in [5.41, 5.74) is 4.54. The van der Waals surface area contributed by atoms with Crippen molar-refractivity contribution >= 4 is 11.8 Å². The fourth-order valence-corrected chi connectivity index (χ4v) is 5.48. The highest BCUT2D eigenvalue weighted by molar-refractivity contribution is 6.00. The van der Waals surface area contributed by atoms with Gasteiger partial charge in [0.1, 0.15) is 11.6 Å². The van der Waals surface area contributed by atoms with Crippen molar-refractivity contribution in [2.45, 2.75) is 71.6 Å². The Hall–Kier alpha value is -3.75. The van der Waals surface area contributed by atoms with E-state index in [1.165, 1.54) is 17.7 Å². The quantitative estimate of drug-likeness (QED) is 0.336. The third-order valence-corrected chi connectivity index (χ3v) is 7.71. The predicted molar refractivity (Wildman–Crippen MR) is 167 cm³/mol. The molecule has 43 heavy (non-hydrogen) atoms. The number of fused-ring (bicyclic) bond motifs is 4. The molecule has 1 aliphatic heterocycles. The molecular formula is C35H44FN3O4. The van der Waals surface area contributed by atoms with E-state index in [1.54, 1.807) is 24.3 Å². The fraction of sp³-hybridized carbons (Fsp3) is 0.429. The maximum absolute atomic E-state index is 14.6. The molecule has 230 valence electrons. The molecule has 7 nitrogen and oxygen atoms in total. The van der Waals surface area contributed by atoms with Gasteiger partial charge in [0.05, 0.1) is 18.8 Å². The molecule has 8 heteroatoms. The van der Waals surface area contributed by atoms with Gasteiger partial charge < -0.3 is 25.4 Å². The van der Waals surface area contributed by atoms with Crippen LogP contribution in [0.2, 0.25) is 0 Å². The van der Waals surface area contributed by atoms with Crippen molar-refractivity contribution in [3.63, 3.8) is 0 Å². The number of rotatable bonds is 8. The maximum Gasteiger partial charge on any atom is 0.253 e. The zero-order chi connectivity index (χ0) is 30.8. The SMILES string of the molecule is CCCN1CCCCOc2cc(F)cc(c2)C[C@@H]([C@H](O)CNCc2cccc(CC)c2)NC(=O)c2cc(C)cc(c2)C1=O. The molecule has 0 fully saturated rings. The Labute approximate surface area is 254 Å². The van der Waals surface area contributed by atoms with Gasteiger partial charge in [0.25, 0.3) is 11.8 Å². The number of benzene rings is 3. The number of halogens is 1. The molecule has 2 atom stereocenters. The van der Waals surface area contributed by atoms with Gasteiger partial charge in [-0.05, 0) is 91.6 Å². The molecule has 1 heterocycles. The van der Waals surface area contributed by atoms with E-state index in [9.17, 15) is 19.1 Å². The van der Waals surface area contributed by atoms with Crippen LogP contribution in [0.1, 0.15) is 76.1 Å². The molecule has 0 unspecified atom stereocenters. The van der Waals surface area contributed by atoms with E-state index in [0.29, 0.717) is 55.1 Å². The van der Waals surface area contributed by atoms with Crippen molar-refractivity contribution in [3.8, 4) is 5.75 Å². The lowest BCUT2D eigenvalue weighted by Gasteiger charge is -2.25.